The van der Waals surface area contributed by atoms with Crippen molar-refractivity contribution in [3.63, 3.8) is 0 Å². The third-order valence-corrected chi connectivity index (χ3v) is 2.43. The van der Waals surface area contributed by atoms with Crippen molar-refractivity contribution in [3.05, 3.63) is 59.7 Å². The quantitative estimate of drug-likeness (QED) is 0.850. The van der Waals surface area contributed by atoms with Gasteiger partial charge in [-0.05, 0) is 36.2 Å². The molecule has 2 rings (SSSR count). The van der Waals surface area contributed by atoms with Crippen LogP contribution in [0.1, 0.15) is 22.9 Å². The number of pyridine rings is 2. The summed E-state index contributed by atoms with van der Waals surface area (Å²) < 4.78 is 0. The maximum absolute atomic E-state index is 10.0. The van der Waals surface area contributed by atoms with Crippen molar-refractivity contribution in [2.75, 3.05) is 0 Å². The number of rotatable bonds is 3. The first-order chi connectivity index (χ1) is 7.75. The van der Waals surface area contributed by atoms with Crippen LogP contribution in [0.3, 0.4) is 0 Å². The molecule has 3 nitrogen and oxygen atoms in total. The Hall–Kier alpha value is -1.74. The summed E-state index contributed by atoms with van der Waals surface area (Å²) in [4.78, 5) is 8.18. The third kappa shape index (κ3) is 2.64. The lowest BCUT2D eigenvalue weighted by atomic mass is 10.1. The molecule has 0 spiro atoms. The Morgan fingerprint density at radius 3 is 2.88 bits per heavy atom. The molecule has 3 heteroatoms. The minimum atomic E-state index is -0.566. The monoisotopic (exact) mass is 214 g/mol. The van der Waals surface area contributed by atoms with Gasteiger partial charge < -0.3 is 5.11 Å². The Kier molecular flexibility index (Phi) is 3.27. The van der Waals surface area contributed by atoms with Gasteiger partial charge in [-0.15, -0.1) is 0 Å². The van der Waals surface area contributed by atoms with Gasteiger partial charge in [0.15, 0.2) is 0 Å². The van der Waals surface area contributed by atoms with E-state index in [9.17, 15) is 5.11 Å². The number of aromatic nitrogens is 2. The van der Waals surface area contributed by atoms with Crippen LogP contribution >= 0.6 is 0 Å². The zero-order valence-electron chi connectivity index (χ0n) is 9.17. The number of aliphatic hydroxyl groups is 1. The fourth-order valence-corrected chi connectivity index (χ4v) is 1.59. The van der Waals surface area contributed by atoms with E-state index < -0.39 is 6.10 Å². The summed E-state index contributed by atoms with van der Waals surface area (Å²) in [5.74, 6) is 0. The van der Waals surface area contributed by atoms with E-state index >= 15 is 0 Å². The molecule has 2 aromatic rings. The first-order valence-corrected chi connectivity index (χ1v) is 5.25. The molecular formula is C13H14N2O. The predicted molar refractivity (Wildman–Crippen MR) is 61.9 cm³/mol. The molecule has 0 fully saturated rings. The molecule has 0 aromatic carbocycles. The molecule has 0 aliphatic rings. The van der Waals surface area contributed by atoms with Gasteiger partial charge in [0.05, 0.1) is 5.69 Å². The van der Waals surface area contributed by atoms with Crippen LogP contribution in [0.4, 0.5) is 0 Å². The van der Waals surface area contributed by atoms with E-state index in [0.29, 0.717) is 12.1 Å². The Morgan fingerprint density at radius 1 is 1.31 bits per heavy atom. The van der Waals surface area contributed by atoms with Gasteiger partial charge in [0.1, 0.15) is 6.10 Å². The summed E-state index contributed by atoms with van der Waals surface area (Å²) in [7, 11) is 0. The molecular weight excluding hydrogens is 200 g/mol. The van der Waals surface area contributed by atoms with Gasteiger partial charge in [0, 0.05) is 25.0 Å². The summed E-state index contributed by atoms with van der Waals surface area (Å²) in [6, 6.07) is 7.64. The van der Waals surface area contributed by atoms with Crippen molar-refractivity contribution < 1.29 is 5.11 Å². The van der Waals surface area contributed by atoms with Crippen LogP contribution in [-0.2, 0) is 6.42 Å². The van der Waals surface area contributed by atoms with E-state index in [1.807, 2.05) is 31.2 Å². The van der Waals surface area contributed by atoms with Crippen molar-refractivity contribution in [3.8, 4) is 0 Å². The highest BCUT2D eigenvalue weighted by atomic mass is 16.3. The lowest BCUT2D eigenvalue weighted by Crippen LogP contribution is -2.04. The maximum atomic E-state index is 10.0. The van der Waals surface area contributed by atoms with E-state index in [-0.39, 0.29) is 0 Å². The van der Waals surface area contributed by atoms with Gasteiger partial charge in [-0.25, -0.2) is 0 Å². The molecule has 2 aromatic heterocycles. The number of hydrogen-bond donors (Lipinski definition) is 1. The lowest BCUT2D eigenvalue weighted by Gasteiger charge is -2.10. The maximum Gasteiger partial charge on any atom is 0.100 e. The van der Waals surface area contributed by atoms with E-state index in [1.54, 1.807) is 18.6 Å². The molecule has 1 atom stereocenters. The molecule has 0 saturated heterocycles. The molecule has 16 heavy (non-hydrogen) atoms. The van der Waals surface area contributed by atoms with Crippen LogP contribution in [0.15, 0.2) is 42.9 Å². The summed E-state index contributed by atoms with van der Waals surface area (Å²) in [5, 5.41) is 10.0. The van der Waals surface area contributed by atoms with Gasteiger partial charge in [0.2, 0.25) is 0 Å². The Bertz CT molecular complexity index is 456. The molecule has 82 valence electrons. The van der Waals surface area contributed by atoms with Gasteiger partial charge in [-0.2, -0.15) is 0 Å². The molecule has 0 radical (unpaired) electrons. The van der Waals surface area contributed by atoms with Crippen LogP contribution in [0.25, 0.3) is 0 Å². The molecule has 1 N–H and O–H groups in total. The molecule has 0 aliphatic heterocycles. The highest BCUT2D eigenvalue weighted by Gasteiger charge is 2.09. The van der Waals surface area contributed by atoms with Crippen molar-refractivity contribution in [1.82, 2.24) is 9.97 Å². The molecule has 0 saturated carbocycles. The van der Waals surface area contributed by atoms with Crippen molar-refractivity contribution >= 4 is 0 Å². The summed E-state index contributed by atoms with van der Waals surface area (Å²) in [5.41, 5.74) is 2.83. The van der Waals surface area contributed by atoms with Crippen molar-refractivity contribution in [2.24, 2.45) is 0 Å². The number of aryl methyl sites for hydroxylation is 1. The van der Waals surface area contributed by atoms with Gasteiger partial charge in [0.25, 0.3) is 0 Å². The Balaban J connectivity index is 2.12. The second-order valence-electron chi connectivity index (χ2n) is 3.84. The summed E-state index contributed by atoms with van der Waals surface area (Å²) >= 11 is 0. The summed E-state index contributed by atoms with van der Waals surface area (Å²) in [6.07, 6.45) is 5.19. The van der Waals surface area contributed by atoms with Gasteiger partial charge in [-0.3, -0.25) is 9.97 Å². The molecule has 0 aliphatic carbocycles. The fourth-order valence-electron chi connectivity index (χ4n) is 1.59. The number of nitrogens with zero attached hydrogens (tertiary/aromatic N) is 2. The fraction of sp³-hybridized carbons (Fsp3) is 0.231. The topological polar surface area (TPSA) is 46.0 Å². The minimum Gasteiger partial charge on any atom is -0.386 e. The predicted octanol–water partition coefficient (Wildman–Crippen LogP) is 2.06. The van der Waals surface area contributed by atoms with Gasteiger partial charge >= 0.3 is 0 Å². The second-order valence-corrected chi connectivity index (χ2v) is 3.84. The normalized spacial score (nSPS) is 12.4. The van der Waals surface area contributed by atoms with Crippen molar-refractivity contribution in [1.29, 1.82) is 0 Å². The first-order valence-electron chi connectivity index (χ1n) is 5.25. The highest BCUT2D eigenvalue weighted by molar-refractivity contribution is 5.19. The number of hydrogen-bond acceptors (Lipinski definition) is 3. The van der Waals surface area contributed by atoms with E-state index in [2.05, 4.69) is 9.97 Å². The van der Waals surface area contributed by atoms with E-state index in [0.717, 1.165) is 11.1 Å². The van der Waals surface area contributed by atoms with Crippen LogP contribution in [-0.4, -0.2) is 15.1 Å². The first kappa shape index (κ1) is 10.8. The van der Waals surface area contributed by atoms with Gasteiger partial charge in [-0.1, -0.05) is 6.07 Å². The largest absolute Gasteiger partial charge is 0.386 e. The average Bonchev–Trinajstić information content (AvgIpc) is 2.30. The zero-order chi connectivity index (χ0) is 11.4. The molecule has 2 heterocycles. The van der Waals surface area contributed by atoms with Crippen LogP contribution < -0.4 is 0 Å². The average molecular weight is 214 g/mol. The van der Waals surface area contributed by atoms with E-state index in [4.69, 9.17) is 0 Å². The van der Waals surface area contributed by atoms with Crippen molar-refractivity contribution in [2.45, 2.75) is 19.4 Å². The molecule has 0 bridgehead atoms. The van der Waals surface area contributed by atoms with Crippen LogP contribution in [0.2, 0.25) is 0 Å². The van der Waals surface area contributed by atoms with E-state index in [1.165, 1.54) is 0 Å². The minimum absolute atomic E-state index is 0.546. The standard InChI is InChI=1S/C13H14N2O/c1-10-4-6-15-12(7-10)13(16)8-11-3-2-5-14-9-11/h2-7,9,13,16H,8H2,1H3. The highest BCUT2D eigenvalue weighted by Crippen LogP contribution is 2.16. The molecule has 0 amide bonds. The third-order valence-electron chi connectivity index (χ3n) is 2.43. The zero-order valence-corrected chi connectivity index (χ0v) is 9.17. The molecule has 1 unspecified atom stereocenters. The Labute approximate surface area is 94.8 Å². The second kappa shape index (κ2) is 4.86. The Morgan fingerprint density at radius 2 is 2.19 bits per heavy atom. The lowest BCUT2D eigenvalue weighted by molar-refractivity contribution is 0.173. The number of aliphatic hydroxyl groups excluding tert-OH is 1. The van der Waals surface area contributed by atoms with Crippen LogP contribution in [0.5, 0.6) is 0 Å². The van der Waals surface area contributed by atoms with Crippen LogP contribution in [0, 0.1) is 6.92 Å². The summed E-state index contributed by atoms with van der Waals surface area (Å²) in [6.45, 7) is 1.99. The smallest absolute Gasteiger partial charge is 0.100 e. The SMILES string of the molecule is Cc1ccnc(C(O)Cc2cccnc2)c1.